The third-order valence-corrected chi connectivity index (χ3v) is 2.39. The Kier molecular flexibility index (Phi) is 3.12. The van der Waals surface area contributed by atoms with Crippen molar-refractivity contribution in [1.29, 1.82) is 0 Å². The maximum absolute atomic E-state index is 5.69. The molecule has 0 aliphatic rings. The first-order valence-electron chi connectivity index (χ1n) is 5.20. The molecule has 0 amide bonds. The largest absolute Gasteiger partial charge is 0.354 e. The van der Waals surface area contributed by atoms with E-state index >= 15 is 0 Å². The summed E-state index contributed by atoms with van der Waals surface area (Å²) in [4.78, 5) is 12.3. The smallest absolute Gasteiger partial charge is 0.165 e. The van der Waals surface area contributed by atoms with Crippen molar-refractivity contribution in [3.05, 3.63) is 18.9 Å². The van der Waals surface area contributed by atoms with Crippen molar-refractivity contribution in [1.82, 2.24) is 19.5 Å². The molecular weight excluding hydrogens is 206 g/mol. The molecule has 0 radical (unpaired) electrons. The van der Waals surface area contributed by atoms with E-state index in [1.54, 1.807) is 12.5 Å². The highest BCUT2D eigenvalue weighted by molar-refractivity contribution is 5.68. The van der Waals surface area contributed by atoms with Gasteiger partial charge in [-0.1, -0.05) is 0 Å². The zero-order chi connectivity index (χ0) is 11.5. The van der Waals surface area contributed by atoms with Gasteiger partial charge in [-0.05, 0) is 13.8 Å². The van der Waals surface area contributed by atoms with Crippen molar-refractivity contribution < 1.29 is 4.74 Å². The molecule has 0 aliphatic carbocycles. The van der Waals surface area contributed by atoms with Gasteiger partial charge in [-0.2, -0.15) is 0 Å². The first kappa shape index (κ1) is 11.0. The Labute approximate surface area is 93.5 Å². The minimum Gasteiger partial charge on any atom is -0.354 e. The molecule has 0 bridgehead atoms. The SMILES string of the molecule is CC(CN)OC(C)n1cnc2cncnc21. The molecule has 2 heterocycles. The van der Waals surface area contributed by atoms with E-state index in [-0.39, 0.29) is 12.3 Å². The molecule has 0 saturated carbocycles. The second kappa shape index (κ2) is 4.54. The molecule has 6 nitrogen and oxygen atoms in total. The molecule has 2 unspecified atom stereocenters. The summed E-state index contributed by atoms with van der Waals surface area (Å²) in [6.45, 7) is 4.37. The summed E-state index contributed by atoms with van der Waals surface area (Å²) < 4.78 is 7.55. The number of rotatable bonds is 4. The molecule has 0 fully saturated rings. The Balaban J connectivity index is 2.26. The van der Waals surface area contributed by atoms with Crippen molar-refractivity contribution in [3.8, 4) is 0 Å². The van der Waals surface area contributed by atoms with Crippen LogP contribution in [0.3, 0.4) is 0 Å². The van der Waals surface area contributed by atoms with Gasteiger partial charge in [0, 0.05) is 6.54 Å². The highest BCUT2D eigenvalue weighted by atomic mass is 16.5. The lowest BCUT2D eigenvalue weighted by molar-refractivity contribution is -0.0273. The van der Waals surface area contributed by atoms with Gasteiger partial charge < -0.3 is 10.5 Å². The van der Waals surface area contributed by atoms with E-state index < -0.39 is 0 Å². The molecule has 6 heteroatoms. The molecule has 2 atom stereocenters. The molecule has 0 spiro atoms. The van der Waals surface area contributed by atoms with Gasteiger partial charge in [0.05, 0.1) is 18.6 Å². The maximum atomic E-state index is 5.69. The van der Waals surface area contributed by atoms with Gasteiger partial charge in [-0.3, -0.25) is 4.57 Å². The molecule has 2 aromatic rings. The summed E-state index contributed by atoms with van der Waals surface area (Å²) in [6.07, 6.45) is 4.75. The Hall–Kier alpha value is -1.53. The van der Waals surface area contributed by atoms with Crippen LogP contribution in [0.25, 0.3) is 11.2 Å². The van der Waals surface area contributed by atoms with Crippen molar-refractivity contribution in [2.75, 3.05) is 6.54 Å². The molecule has 2 rings (SSSR count). The van der Waals surface area contributed by atoms with Crippen molar-refractivity contribution in [2.24, 2.45) is 5.73 Å². The van der Waals surface area contributed by atoms with E-state index in [0.29, 0.717) is 6.54 Å². The normalized spacial score (nSPS) is 15.2. The average Bonchev–Trinajstić information content (AvgIpc) is 2.72. The predicted molar refractivity (Wildman–Crippen MR) is 59.6 cm³/mol. The van der Waals surface area contributed by atoms with Crippen LogP contribution in [0, 0.1) is 0 Å². The van der Waals surface area contributed by atoms with E-state index in [9.17, 15) is 0 Å². The van der Waals surface area contributed by atoms with Crippen LogP contribution in [-0.2, 0) is 4.74 Å². The molecule has 16 heavy (non-hydrogen) atoms. The summed E-state index contributed by atoms with van der Waals surface area (Å²) >= 11 is 0. The fourth-order valence-electron chi connectivity index (χ4n) is 1.51. The van der Waals surface area contributed by atoms with E-state index in [4.69, 9.17) is 10.5 Å². The lowest BCUT2D eigenvalue weighted by Gasteiger charge is -2.19. The van der Waals surface area contributed by atoms with E-state index in [2.05, 4.69) is 15.0 Å². The summed E-state index contributed by atoms with van der Waals surface area (Å²) in [5.41, 5.74) is 7.04. The summed E-state index contributed by atoms with van der Waals surface area (Å²) in [5.74, 6) is 0. The number of nitrogens with zero attached hydrogens (tertiary/aromatic N) is 4. The number of hydrogen-bond acceptors (Lipinski definition) is 5. The zero-order valence-electron chi connectivity index (χ0n) is 9.37. The average molecular weight is 221 g/mol. The van der Waals surface area contributed by atoms with Crippen LogP contribution in [0.5, 0.6) is 0 Å². The second-order valence-corrected chi connectivity index (χ2v) is 3.67. The maximum Gasteiger partial charge on any atom is 0.165 e. The Morgan fingerprint density at radius 3 is 3.00 bits per heavy atom. The molecule has 2 aromatic heterocycles. The van der Waals surface area contributed by atoms with Gasteiger partial charge >= 0.3 is 0 Å². The summed E-state index contributed by atoms with van der Waals surface area (Å²) in [5, 5.41) is 0. The van der Waals surface area contributed by atoms with Crippen molar-refractivity contribution in [3.63, 3.8) is 0 Å². The quantitative estimate of drug-likeness (QED) is 0.822. The minimum absolute atomic E-state index is 0.00860. The molecule has 0 aromatic carbocycles. The van der Waals surface area contributed by atoms with Crippen LogP contribution in [-0.4, -0.2) is 32.2 Å². The topological polar surface area (TPSA) is 78.9 Å². The van der Waals surface area contributed by atoms with Crippen LogP contribution < -0.4 is 5.73 Å². The standard InChI is InChI=1S/C10H15N5O/c1-7(3-11)16-8(2)15-6-14-9-4-12-5-13-10(9)15/h4-8H,3,11H2,1-2H3. The number of aromatic nitrogens is 4. The Bertz CT molecular complexity index is 469. The van der Waals surface area contributed by atoms with E-state index in [1.807, 2.05) is 18.4 Å². The first-order valence-corrected chi connectivity index (χ1v) is 5.20. The monoisotopic (exact) mass is 221 g/mol. The fraction of sp³-hybridized carbons (Fsp3) is 0.500. The molecule has 2 N–H and O–H groups in total. The van der Waals surface area contributed by atoms with Gasteiger partial charge in [0.2, 0.25) is 0 Å². The lowest BCUT2D eigenvalue weighted by Crippen LogP contribution is -2.23. The minimum atomic E-state index is -0.140. The molecular formula is C10H15N5O. The van der Waals surface area contributed by atoms with Gasteiger partial charge in [0.15, 0.2) is 5.65 Å². The number of imidazole rings is 1. The Morgan fingerprint density at radius 2 is 2.25 bits per heavy atom. The predicted octanol–water partition coefficient (Wildman–Crippen LogP) is 0.709. The fourth-order valence-corrected chi connectivity index (χ4v) is 1.51. The van der Waals surface area contributed by atoms with Crippen LogP contribution in [0.2, 0.25) is 0 Å². The third-order valence-electron chi connectivity index (χ3n) is 2.39. The van der Waals surface area contributed by atoms with Crippen LogP contribution in [0.1, 0.15) is 20.1 Å². The second-order valence-electron chi connectivity index (χ2n) is 3.67. The van der Waals surface area contributed by atoms with Crippen molar-refractivity contribution in [2.45, 2.75) is 26.2 Å². The van der Waals surface area contributed by atoms with Crippen LogP contribution in [0.15, 0.2) is 18.9 Å². The van der Waals surface area contributed by atoms with Crippen LogP contribution in [0.4, 0.5) is 0 Å². The highest BCUT2D eigenvalue weighted by Gasteiger charge is 2.12. The number of nitrogens with two attached hydrogens (primary N) is 1. The van der Waals surface area contributed by atoms with Gasteiger partial charge in [-0.15, -0.1) is 0 Å². The van der Waals surface area contributed by atoms with Crippen molar-refractivity contribution >= 4 is 11.2 Å². The Morgan fingerprint density at radius 1 is 1.44 bits per heavy atom. The number of fused-ring (bicyclic) bond motifs is 1. The molecule has 0 aliphatic heterocycles. The van der Waals surface area contributed by atoms with Gasteiger partial charge in [0.1, 0.15) is 18.1 Å². The van der Waals surface area contributed by atoms with E-state index in [1.165, 1.54) is 6.33 Å². The zero-order valence-corrected chi connectivity index (χ0v) is 9.37. The number of ether oxygens (including phenoxy) is 1. The lowest BCUT2D eigenvalue weighted by atomic mass is 10.4. The van der Waals surface area contributed by atoms with Gasteiger partial charge in [0.25, 0.3) is 0 Å². The molecule has 86 valence electrons. The highest BCUT2D eigenvalue weighted by Crippen LogP contribution is 2.16. The summed E-state index contributed by atoms with van der Waals surface area (Å²) in [7, 11) is 0. The summed E-state index contributed by atoms with van der Waals surface area (Å²) in [6, 6.07) is 0. The van der Waals surface area contributed by atoms with E-state index in [0.717, 1.165) is 11.2 Å². The van der Waals surface area contributed by atoms with Crippen LogP contribution >= 0.6 is 0 Å². The number of hydrogen-bond donors (Lipinski definition) is 1. The molecule has 0 saturated heterocycles. The van der Waals surface area contributed by atoms with Gasteiger partial charge in [-0.25, -0.2) is 15.0 Å². The third kappa shape index (κ3) is 2.02. The first-order chi connectivity index (χ1) is 7.72.